The number of aryl methyl sites for hydroxylation is 2. The Labute approximate surface area is 118 Å². The van der Waals surface area contributed by atoms with Gasteiger partial charge in [0.25, 0.3) is 5.91 Å². The van der Waals surface area contributed by atoms with Crippen molar-refractivity contribution in [1.82, 2.24) is 15.5 Å². The summed E-state index contributed by atoms with van der Waals surface area (Å²) in [6.07, 6.45) is 4.29. The zero-order valence-electron chi connectivity index (χ0n) is 11.7. The second-order valence-electron chi connectivity index (χ2n) is 5.35. The standard InChI is InChI=1S/C16H19N3O/c1-11-6-2-3-7-12(11)10-17-16(20)15-13-8-4-5-9-14(13)18-19-15/h2-3,6-7H,4-5,8-10H2,1H3,(H,17,20)(H,18,19). The quantitative estimate of drug-likeness (QED) is 0.899. The van der Waals surface area contributed by atoms with Crippen LogP contribution in [0.5, 0.6) is 0 Å². The van der Waals surface area contributed by atoms with Gasteiger partial charge >= 0.3 is 0 Å². The molecule has 0 bridgehead atoms. The predicted octanol–water partition coefficient (Wildman–Crippen LogP) is 2.53. The molecule has 104 valence electrons. The second-order valence-corrected chi connectivity index (χ2v) is 5.35. The van der Waals surface area contributed by atoms with Crippen LogP contribution in [0.2, 0.25) is 0 Å². The van der Waals surface area contributed by atoms with E-state index < -0.39 is 0 Å². The molecule has 2 aromatic rings. The van der Waals surface area contributed by atoms with Gasteiger partial charge in [0.15, 0.2) is 5.69 Å². The first-order valence-electron chi connectivity index (χ1n) is 7.14. The van der Waals surface area contributed by atoms with Crippen LogP contribution in [0.1, 0.15) is 45.7 Å². The first-order chi connectivity index (χ1) is 9.75. The summed E-state index contributed by atoms with van der Waals surface area (Å²) >= 11 is 0. The fraction of sp³-hybridized carbons (Fsp3) is 0.375. The van der Waals surface area contributed by atoms with E-state index in [1.165, 1.54) is 12.0 Å². The second kappa shape index (κ2) is 5.49. The van der Waals surface area contributed by atoms with Crippen molar-refractivity contribution in [2.24, 2.45) is 0 Å². The minimum atomic E-state index is -0.0762. The maximum absolute atomic E-state index is 12.3. The van der Waals surface area contributed by atoms with E-state index in [9.17, 15) is 4.79 Å². The number of rotatable bonds is 3. The van der Waals surface area contributed by atoms with E-state index in [4.69, 9.17) is 0 Å². The Morgan fingerprint density at radius 3 is 2.95 bits per heavy atom. The van der Waals surface area contributed by atoms with E-state index in [1.807, 2.05) is 18.2 Å². The molecule has 4 heteroatoms. The number of aromatic amines is 1. The molecule has 1 aromatic heterocycles. The van der Waals surface area contributed by atoms with Gasteiger partial charge in [0.2, 0.25) is 0 Å². The van der Waals surface area contributed by atoms with Crippen molar-refractivity contribution in [3.8, 4) is 0 Å². The highest BCUT2D eigenvalue weighted by Crippen LogP contribution is 2.22. The fourth-order valence-corrected chi connectivity index (χ4v) is 2.74. The van der Waals surface area contributed by atoms with E-state index >= 15 is 0 Å². The van der Waals surface area contributed by atoms with Gasteiger partial charge in [-0.2, -0.15) is 5.10 Å². The Bertz CT molecular complexity index is 630. The molecule has 0 aliphatic heterocycles. The summed E-state index contributed by atoms with van der Waals surface area (Å²) in [6, 6.07) is 8.09. The number of amides is 1. The third-order valence-corrected chi connectivity index (χ3v) is 3.97. The molecule has 4 nitrogen and oxygen atoms in total. The van der Waals surface area contributed by atoms with Crippen LogP contribution in [0, 0.1) is 6.92 Å². The Balaban J connectivity index is 1.71. The summed E-state index contributed by atoms with van der Waals surface area (Å²) in [5, 5.41) is 10.2. The van der Waals surface area contributed by atoms with Crippen LogP contribution in [0.15, 0.2) is 24.3 Å². The number of benzene rings is 1. The summed E-state index contributed by atoms with van der Waals surface area (Å²) in [5.74, 6) is -0.0762. The molecule has 0 saturated heterocycles. The Morgan fingerprint density at radius 2 is 2.10 bits per heavy atom. The lowest BCUT2D eigenvalue weighted by atomic mass is 9.96. The fourth-order valence-electron chi connectivity index (χ4n) is 2.74. The van der Waals surface area contributed by atoms with Crippen LogP contribution in [0.25, 0.3) is 0 Å². The van der Waals surface area contributed by atoms with Crippen molar-refractivity contribution < 1.29 is 4.79 Å². The Kier molecular flexibility index (Phi) is 3.54. The van der Waals surface area contributed by atoms with Gasteiger partial charge in [0.05, 0.1) is 0 Å². The van der Waals surface area contributed by atoms with Gasteiger partial charge in [-0.25, -0.2) is 0 Å². The number of hydrogen-bond acceptors (Lipinski definition) is 2. The van der Waals surface area contributed by atoms with Crippen LogP contribution in [-0.2, 0) is 19.4 Å². The molecule has 0 radical (unpaired) electrons. The summed E-state index contributed by atoms with van der Waals surface area (Å²) < 4.78 is 0. The van der Waals surface area contributed by atoms with E-state index in [-0.39, 0.29) is 5.91 Å². The molecule has 1 heterocycles. The highest BCUT2D eigenvalue weighted by atomic mass is 16.1. The molecule has 0 saturated carbocycles. The van der Waals surface area contributed by atoms with Crippen molar-refractivity contribution in [3.05, 3.63) is 52.3 Å². The van der Waals surface area contributed by atoms with Crippen molar-refractivity contribution in [2.45, 2.75) is 39.2 Å². The third-order valence-electron chi connectivity index (χ3n) is 3.97. The van der Waals surface area contributed by atoms with Gasteiger partial charge in [-0.05, 0) is 43.7 Å². The number of nitrogens with one attached hydrogen (secondary N) is 2. The number of aromatic nitrogens is 2. The topological polar surface area (TPSA) is 57.8 Å². The van der Waals surface area contributed by atoms with Crippen molar-refractivity contribution in [3.63, 3.8) is 0 Å². The number of fused-ring (bicyclic) bond motifs is 1. The van der Waals surface area contributed by atoms with Gasteiger partial charge in [0.1, 0.15) is 0 Å². The molecule has 0 spiro atoms. The van der Waals surface area contributed by atoms with Gasteiger partial charge in [-0.1, -0.05) is 24.3 Å². The van der Waals surface area contributed by atoms with Crippen molar-refractivity contribution >= 4 is 5.91 Å². The molecule has 1 amide bonds. The van der Waals surface area contributed by atoms with Gasteiger partial charge in [-0.3, -0.25) is 9.89 Å². The summed E-state index contributed by atoms with van der Waals surface area (Å²) in [6.45, 7) is 2.60. The molecule has 0 fully saturated rings. The zero-order chi connectivity index (χ0) is 13.9. The molecule has 0 unspecified atom stereocenters. The molecular weight excluding hydrogens is 250 g/mol. The molecule has 2 N–H and O–H groups in total. The van der Waals surface area contributed by atoms with Gasteiger partial charge in [-0.15, -0.1) is 0 Å². The lowest BCUT2D eigenvalue weighted by Gasteiger charge is -2.11. The highest BCUT2D eigenvalue weighted by Gasteiger charge is 2.21. The van der Waals surface area contributed by atoms with Gasteiger partial charge < -0.3 is 5.32 Å². The largest absolute Gasteiger partial charge is 0.347 e. The first-order valence-corrected chi connectivity index (χ1v) is 7.14. The number of hydrogen-bond donors (Lipinski definition) is 2. The van der Waals surface area contributed by atoms with Crippen molar-refractivity contribution in [1.29, 1.82) is 0 Å². The van der Waals surface area contributed by atoms with Crippen molar-refractivity contribution in [2.75, 3.05) is 0 Å². The molecule has 1 aliphatic carbocycles. The first kappa shape index (κ1) is 12.9. The molecule has 0 atom stereocenters. The molecule has 20 heavy (non-hydrogen) atoms. The SMILES string of the molecule is Cc1ccccc1CNC(=O)c1n[nH]c2c1CCCC2. The van der Waals surface area contributed by atoms with Crippen LogP contribution < -0.4 is 5.32 Å². The zero-order valence-corrected chi connectivity index (χ0v) is 11.7. The van der Waals surface area contributed by atoms with Crippen LogP contribution in [0.3, 0.4) is 0 Å². The number of nitrogens with zero attached hydrogens (tertiary/aromatic N) is 1. The average molecular weight is 269 g/mol. The molecule has 1 aliphatic rings. The number of carbonyl (C=O) groups excluding carboxylic acids is 1. The normalized spacial score (nSPS) is 13.8. The third kappa shape index (κ3) is 2.46. The predicted molar refractivity (Wildman–Crippen MR) is 77.6 cm³/mol. The lowest BCUT2D eigenvalue weighted by molar-refractivity contribution is 0.0945. The van der Waals surface area contributed by atoms with Gasteiger partial charge in [0, 0.05) is 17.8 Å². The summed E-state index contributed by atoms with van der Waals surface area (Å²) in [4.78, 5) is 12.3. The smallest absolute Gasteiger partial charge is 0.272 e. The Hall–Kier alpha value is -2.10. The van der Waals surface area contributed by atoms with E-state index in [2.05, 4.69) is 28.5 Å². The molecule has 3 rings (SSSR count). The van der Waals surface area contributed by atoms with E-state index in [0.717, 1.165) is 36.1 Å². The number of H-pyrrole nitrogens is 1. The Morgan fingerprint density at radius 1 is 1.30 bits per heavy atom. The maximum Gasteiger partial charge on any atom is 0.272 e. The van der Waals surface area contributed by atoms with E-state index in [1.54, 1.807) is 0 Å². The lowest BCUT2D eigenvalue weighted by Crippen LogP contribution is -2.25. The van der Waals surface area contributed by atoms with E-state index in [0.29, 0.717) is 12.2 Å². The monoisotopic (exact) mass is 269 g/mol. The minimum Gasteiger partial charge on any atom is -0.347 e. The summed E-state index contributed by atoms with van der Waals surface area (Å²) in [7, 11) is 0. The number of carbonyl (C=O) groups is 1. The maximum atomic E-state index is 12.3. The van der Waals surface area contributed by atoms with Crippen LogP contribution in [-0.4, -0.2) is 16.1 Å². The average Bonchev–Trinajstić information content (AvgIpc) is 2.90. The van der Waals surface area contributed by atoms with Crippen LogP contribution in [0.4, 0.5) is 0 Å². The molecule has 1 aromatic carbocycles. The van der Waals surface area contributed by atoms with Crippen LogP contribution >= 0.6 is 0 Å². The highest BCUT2D eigenvalue weighted by molar-refractivity contribution is 5.94. The molecular formula is C16H19N3O. The summed E-state index contributed by atoms with van der Waals surface area (Å²) in [5.41, 5.74) is 5.16. The minimum absolute atomic E-state index is 0.0762.